The van der Waals surface area contributed by atoms with E-state index in [0.717, 1.165) is 61.3 Å². The minimum Gasteiger partial charge on any atom is -0.366 e. The Bertz CT molecular complexity index is 1210. The molecular weight excluding hydrogens is 422 g/mol. The van der Waals surface area contributed by atoms with Gasteiger partial charge in [-0.3, -0.25) is 0 Å². The molecule has 0 saturated carbocycles. The molecule has 2 aromatic carbocycles. The molecular formula is C28H31N5O. The van der Waals surface area contributed by atoms with Gasteiger partial charge in [-0.2, -0.15) is 0 Å². The minimum atomic E-state index is 0.0140. The Morgan fingerprint density at radius 1 is 0.941 bits per heavy atom. The van der Waals surface area contributed by atoms with Crippen LogP contribution in [-0.2, 0) is 19.5 Å². The quantitative estimate of drug-likeness (QED) is 0.354. The summed E-state index contributed by atoms with van der Waals surface area (Å²) in [6.07, 6.45) is 5.07. The standard InChI is InChI=1S/C28H31N5O/c34-28(33-13-11-22(12-14-33)15-21-7-3-1-4-8-21)31-20-25-16-24-19-30-27(17-26(24)32-25)29-18-23-9-5-2-6-10-23/h1-10,16-17,19,22,32H,11-15,18,20H2,(H,29,30)(H,31,34). The molecule has 0 bridgehead atoms. The highest BCUT2D eigenvalue weighted by atomic mass is 16.2. The van der Waals surface area contributed by atoms with Crippen molar-refractivity contribution in [2.45, 2.75) is 32.4 Å². The number of hydrogen-bond acceptors (Lipinski definition) is 3. The highest BCUT2D eigenvalue weighted by Crippen LogP contribution is 2.22. The zero-order valence-corrected chi connectivity index (χ0v) is 19.3. The number of urea groups is 1. The zero-order chi connectivity index (χ0) is 23.2. The van der Waals surface area contributed by atoms with E-state index >= 15 is 0 Å². The van der Waals surface area contributed by atoms with Gasteiger partial charge >= 0.3 is 6.03 Å². The SMILES string of the molecule is O=C(NCc1cc2cnc(NCc3ccccc3)cc2[nH]1)N1CCC(Cc2ccccc2)CC1. The van der Waals surface area contributed by atoms with E-state index in [4.69, 9.17) is 0 Å². The van der Waals surface area contributed by atoms with Gasteiger partial charge in [-0.05, 0) is 42.4 Å². The van der Waals surface area contributed by atoms with Gasteiger partial charge in [0, 0.05) is 43.0 Å². The number of anilines is 1. The van der Waals surface area contributed by atoms with E-state index in [-0.39, 0.29) is 6.03 Å². The summed E-state index contributed by atoms with van der Waals surface area (Å²) in [5.41, 5.74) is 4.58. The lowest BCUT2D eigenvalue weighted by Crippen LogP contribution is -2.44. The monoisotopic (exact) mass is 453 g/mol. The number of fused-ring (bicyclic) bond motifs is 1. The van der Waals surface area contributed by atoms with Crippen LogP contribution in [0.5, 0.6) is 0 Å². The van der Waals surface area contributed by atoms with E-state index in [1.54, 1.807) is 0 Å². The maximum Gasteiger partial charge on any atom is 0.317 e. The van der Waals surface area contributed by atoms with Crippen molar-refractivity contribution in [1.29, 1.82) is 0 Å². The van der Waals surface area contributed by atoms with Crippen LogP contribution < -0.4 is 10.6 Å². The van der Waals surface area contributed by atoms with E-state index in [9.17, 15) is 4.79 Å². The third-order valence-electron chi connectivity index (χ3n) is 6.58. The largest absolute Gasteiger partial charge is 0.366 e. The lowest BCUT2D eigenvalue weighted by molar-refractivity contribution is 0.170. The van der Waals surface area contributed by atoms with Gasteiger partial charge in [0.2, 0.25) is 0 Å². The van der Waals surface area contributed by atoms with Crippen molar-refractivity contribution in [3.63, 3.8) is 0 Å². The van der Waals surface area contributed by atoms with Crippen LogP contribution >= 0.6 is 0 Å². The molecule has 34 heavy (non-hydrogen) atoms. The van der Waals surface area contributed by atoms with Gasteiger partial charge in [-0.1, -0.05) is 60.7 Å². The van der Waals surface area contributed by atoms with Gasteiger partial charge in [-0.25, -0.2) is 9.78 Å². The first-order valence-corrected chi connectivity index (χ1v) is 12.0. The molecule has 6 heteroatoms. The molecule has 0 radical (unpaired) electrons. The molecule has 3 heterocycles. The van der Waals surface area contributed by atoms with Crippen LogP contribution in [0.1, 0.15) is 29.7 Å². The van der Waals surface area contributed by atoms with Crippen molar-refractivity contribution in [3.8, 4) is 0 Å². The van der Waals surface area contributed by atoms with Gasteiger partial charge in [0.05, 0.1) is 12.1 Å². The summed E-state index contributed by atoms with van der Waals surface area (Å²) in [5, 5.41) is 7.48. The van der Waals surface area contributed by atoms with Gasteiger partial charge in [0.1, 0.15) is 5.82 Å². The molecule has 2 amide bonds. The van der Waals surface area contributed by atoms with Gasteiger partial charge in [0.25, 0.3) is 0 Å². The molecule has 0 spiro atoms. The third-order valence-corrected chi connectivity index (χ3v) is 6.58. The fourth-order valence-electron chi connectivity index (χ4n) is 4.64. The number of carbonyl (C=O) groups is 1. The molecule has 6 nitrogen and oxygen atoms in total. The number of piperidine rings is 1. The molecule has 0 unspecified atom stereocenters. The first-order valence-electron chi connectivity index (χ1n) is 12.0. The van der Waals surface area contributed by atoms with Crippen LogP contribution in [0.2, 0.25) is 0 Å². The number of pyridine rings is 1. The Balaban J connectivity index is 1.10. The predicted octanol–water partition coefficient (Wildman–Crippen LogP) is 5.34. The summed E-state index contributed by atoms with van der Waals surface area (Å²) in [6, 6.07) is 25.0. The van der Waals surface area contributed by atoms with Gasteiger partial charge < -0.3 is 20.5 Å². The fourth-order valence-corrected chi connectivity index (χ4v) is 4.64. The van der Waals surface area contributed by atoms with Gasteiger partial charge in [-0.15, -0.1) is 0 Å². The molecule has 174 valence electrons. The summed E-state index contributed by atoms with van der Waals surface area (Å²) in [6.45, 7) is 2.84. The molecule has 0 aliphatic carbocycles. The molecule has 2 aromatic heterocycles. The first kappa shape index (κ1) is 22.0. The molecule has 5 rings (SSSR count). The summed E-state index contributed by atoms with van der Waals surface area (Å²) in [7, 11) is 0. The first-order chi connectivity index (χ1) is 16.7. The second-order valence-corrected chi connectivity index (χ2v) is 9.07. The number of likely N-dealkylation sites (tertiary alicyclic amines) is 1. The number of hydrogen-bond donors (Lipinski definition) is 3. The maximum atomic E-state index is 12.7. The van der Waals surface area contributed by atoms with Crippen molar-refractivity contribution in [2.75, 3.05) is 18.4 Å². The minimum absolute atomic E-state index is 0.0140. The molecule has 1 fully saturated rings. The number of H-pyrrole nitrogens is 1. The predicted molar refractivity (Wildman–Crippen MR) is 137 cm³/mol. The number of aromatic amines is 1. The number of aromatic nitrogens is 2. The van der Waals surface area contributed by atoms with Crippen LogP contribution in [0.25, 0.3) is 10.9 Å². The van der Waals surface area contributed by atoms with Crippen molar-refractivity contribution >= 4 is 22.8 Å². The van der Waals surface area contributed by atoms with Crippen LogP contribution in [0.3, 0.4) is 0 Å². The van der Waals surface area contributed by atoms with Crippen LogP contribution in [0.15, 0.2) is 79.0 Å². The van der Waals surface area contributed by atoms with Crippen molar-refractivity contribution in [2.24, 2.45) is 5.92 Å². The van der Waals surface area contributed by atoms with E-state index in [1.165, 1.54) is 11.1 Å². The fraction of sp³-hybridized carbons (Fsp3) is 0.286. The lowest BCUT2D eigenvalue weighted by Gasteiger charge is -2.32. The van der Waals surface area contributed by atoms with Gasteiger partial charge in [0.15, 0.2) is 0 Å². The summed E-state index contributed by atoms with van der Waals surface area (Å²) >= 11 is 0. The number of carbonyl (C=O) groups excluding carboxylic acids is 1. The summed E-state index contributed by atoms with van der Waals surface area (Å²) in [4.78, 5) is 22.6. The molecule has 4 aromatic rings. The average Bonchev–Trinajstić information content (AvgIpc) is 3.30. The topological polar surface area (TPSA) is 73.0 Å². The Morgan fingerprint density at radius 3 is 2.38 bits per heavy atom. The number of benzene rings is 2. The Hall–Kier alpha value is -3.80. The lowest BCUT2D eigenvalue weighted by atomic mass is 9.90. The van der Waals surface area contributed by atoms with Crippen LogP contribution in [0, 0.1) is 5.92 Å². The highest BCUT2D eigenvalue weighted by molar-refractivity contribution is 5.82. The average molecular weight is 454 g/mol. The van der Waals surface area contributed by atoms with E-state index in [0.29, 0.717) is 12.5 Å². The summed E-state index contributed by atoms with van der Waals surface area (Å²) < 4.78 is 0. The van der Waals surface area contributed by atoms with E-state index in [2.05, 4.69) is 69.1 Å². The van der Waals surface area contributed by atoms with E-state index < -0.39 is 0 Å². The number of rotatable bonds is 7. The molecule has 0 atom stereocenters. The summed E-state index contributed by atoms with van der Waals surface area (Å²) in [5.74, 6) is 1.48. The third kappa shape index (κ3) is 5.57. The number of nitrogens with zero attached hydrogens (tertiary/aromatic N) is 2. The Kier molecular flexibility index (Phi) is 6.75. The normalized spacial score (nSPS) is 14.3. The molecule has 1 saturated heterocycles. The van der Waals surface area contributed by atoms with Crippen molar-refractivity contribution in [1.82, 2.24) is 20.2 Å². The highest BCUT2D eigenvalue weighted by Gasteiger charge is 2.22. The Labute approximate surface area is 200 Å². The zero-order valence-electron chi connectivity index (χ0n) is 19.3. The van der Waals surface area contributed by atoms with Crippen molar-refractivity contribution < 1.29 is 4.79 Å². The van der Waals surface area contributed by atoms with Crippen LogP contribution in [-0.4, -0.2) is 34.0 Å². The Morgan fingerprint density at radius 2 is 1.65 bits per heavy atom. The second kappa shape index (κ2) is 10.4. The van der Waals surface area contributed by atoms with Crippen LogP contribution in [0.4, 0.5) is 10.6 Å². The molecule has 1 aliphatic rings. The smallest absolute Gasteiger partial charge is 0.317 e. The number of amides is 2. The second-order valence-electron chi connectivity index (χ2n) is 9.07. The molecule has 3 N–H and O–H groups in total. The molecule has 1 aliphatic heterocycles. The number of nitrogens with one attached hydrogen (secondary N) is 3. The maximum absolute atomic E-state index is 12.7. The van der Waals surface area contributed by atoms with Crippen molar-refractivity contribution in [3.05, 3.63) is 95.8 Å². The van der Waals surface area contributed by atoms with E-state index in [1.807, 2.05) is 35.4 Å².